The van der Waals surface area contributed by atoms with Gasteiger partial charge in [0.2, 0.25) is 0 Å². The van der Waals surface area contributed by atoms with Gasteiger partial charge in [0, 0.05) is 15.6 Å². The highest BCUT2D eigenvalue weighted by Gasteiger charge is 2.09. The van der Waals surface area contributed by atoms with E-state index >= 15 is 0 Å². The average molecular weight is 229 g/mol. The van der Waals surface area contributed by atoms with Gasteiger partial charge in [-0.15, -0.1) is 0 Å². The minimum absolute atomic E-state index is 0.741. The number of hydrogen-bond acceptors (Lipinski definition) is 0. The van der Waals surface area contributed by atoms with Gasteiger partial charge in [-0.25, -0.2) is 0 Å². The normalized spacial score (nSPS) is 10.3. The number of benzene rings is 1. The molecule has 0 aromatic heterocycles. The van der Waals surface area contributed by atoms with Crippen LogP contribution in [0.25, 0.3) is 5.57 Å². The fourth-order valence-corrected chi connectivity index (χ4v) is 2.01. The summed E-state index contributed by atoms with van der Waals surface area (Å²) in [6.45, 7) is 8.13. The first-order valence-corrected chi connectivity index (χ1v) is 5.46. The smallest absolute Gasteiger partial charge is 0.0484 e. The fraction of sp³-hybridized carbons (Fsp3) is 0.333. The van der Waals surface area contributed by atoms with Crippen LogP contribution in [0.3, 0.4) is 0 Å². The maximum absolute atomic E-state index is 6.11. The van der Waals surface area contributed by atoms with Gasteiger partial charge in [-0.1, -0.05) is 43.1 Å². The topological polar surface area (TPSA) is 0 Å². The molecule has 0 radical (unpaired) electrons. The van der Waals surface area contributed by atoms with Gasteiger partial charge in [-0.3, -0.25) is 0 Å². The summed E-state index contributed by atoms with van der Waals surface area (Å²) in [6.07, 6.45) is 2.03. The van der Waals surface area contributed by atoms with Crippen LogP contribution in [0, 0.1) is 6.92 Å². The Morgan fingerprint density at radius 3 is 2.43 bits per heavy atom. The SMILES string of the molecule is C=C(CCC)c1c(Cl)ccc(Cl)c1C. The fourth-order valence-electron chi connectivity index (χ4n) is 1.51. The third-order valence-corrected chi connectivity index (χ3v) is 2.98. The summed E-state index contributed by atoms with van der Waals surface area (Å²) < 4.78 is 0. The Labute approximate surface area is 95.5 Å². The molecule has 0 heterocycles. The van der Waals surface area contributed by atoms with E-state index in [1.54, 1.807) is 0 Å². The number of rotatable bonds is 3. The van der Waals surface area contributed by atoms with E-state index in [0.29, 0.717) is 0 Å². The van der Waals surface area contributed by atoms with Gasteiger partial charge in [-0.05, 0) is 36.6 Å². The molecule has 0 N–H and O–H groups in total. The van der Waals surface area contributed by atoms with E-state index in [4.69, 9.17) is 23.2 Å². The Morgan fingerprint density at radius 1 is 1.29 bits per heavy atom. The van der Waals surface area contributed by atoms with Gasteiger partial charge in [0.25, 0.3) is 0 Å². The molecule has 0 atom stereocenters. The lowest BCUT2D eigenvalue weighted by atomic mass is 9.98. The molecule has 76 valence electrons. The summed E-state index contributed by atoms with van der Waals surface area (Å²) in [5, 5.41) is 1.49. The Bertz CT molecular complexity index is 354. The van der Waals surface area contributed by atoms with Gasteiger partial charge in [0.05, 0.1) is 0 Å². The second-order valence-corrected chi connectivity index (χ2v) is 4.20. The zero-order valence-electron chi connectivity index (χ0n) is 8.53. The van der Waals surface area contributed by atoms with E-state index in [1.807, 2.05) is 19.1 Å². The van der Waals surface area contributed by atoms with Gasteiger partial charge < -0.3 is 0 Å². The molecule has 0 saturated heterocycles. The van der Waals surface area contributed by atoms with Crippen LogP contribution in [0.2, 0.25) is 10.0 Å². The van der Waals surface area contributed by atoms with Crippen LogP contribution in [0.1, 0.15) is 30.9 Å². The first-order valence-electron chi connectivity index (χ1n) is 4.70. The monoisotopic (exact) mass is 228 g/mol. The standard InChI is InChI=1S/C12H14Cl2/c1-4-5-8(2)12-9(3)10(13)6-7-11(12)14/h6-7H,2,4-5H2,1,3H3. The Morgan fingerprint density at radius 2 is 1.86 bits per heavy atom. The highest BCUT2D eigenvalue weighted by Crippen LogP contribution is 2.32. The summed E-state index contributed by atoms with van der Waals surface area (Å²) in [5.41, 5.74) is 3.11. The van der Waals surface area contributed by atoms with E-state index in [9.17, 15) is 0 Å². The summed E-state index contributed by atoms with van der Waals surface area (Å²) in [5.74, 6) is 0. The molecule has 0 nitrogen and oxygen atoms in total. The number of allylic oxidation sites excluding steroid dienone is 1. The van der Waals surface area contributed by atoms with Crippen molar-refractivity contribution in [3.63, 3.8) is 0 Å². The van der Waals surface area contributed by atoms with Crippen molar-refractivity contribution in [3.8, 4) is 0 Å². The number of halogens is 2. The lowest BCUT2D eigenvalue weighted by Gasteiger charge is -2.11. The van der Waals surface area contributed by atoms with Crippen LogP contribution >= 0.6 is 23.2 Å². The average Bonchev–Trinajstić information content (AvgIpc) is 2.13. The van der Waals surface area contributed by atoms with Crippen molar-refractivity contribution in [2.75, 3.05) is 0 Å². The zero-order valence-corrected chi connectivity index (χ0v) is 10.0. The van der Waals surface area contributed by atoms with Crippen LogP contribution in [-0.2, 0) is 0 Å². The molecule has 0 aliphatic carbocycles. The maximum atomic E-state index is 6.11. The molecule has 0 aliphatic rings. The minimum atomic E-state index is 0.741. The van der Waals surface area contributed by atoms with Crippen molar-refractivity contribution in [3.05, 3.63) is 39.9 Å². The third kappa shape index (κ3) is 2.31. The third-order valence-electron chi connectivity index (χ3n) is 2.25. The Balaban J connectivity index is 3.18. The van der Waals surface area contributed by atoms with Crippen molar-refractivity contribution in [2.45, 2.75) is 26.7 Å². The predicted octanol–water partition coefficient (Wildman–Crippen LogP) is 5.12. The molecule has 0 fully saturated rings. The van der Waals surface area contributed by atoms with Crippen molar-refractivity contribution < 1.29 is 0 Å². The second-order valence-electron chi connectivity index (χ2n) is 3.38. The minimum Gasteiger partial charge on any atom is -0.0952 e. The molecule has 0 amide bonds. The lowest BCUT2D eigenvalue weighted by molar-refractivity contribution is 0.974. The highest BCUT2D eigenvalue weighted by molar-refractivity contribution is 6.35. The van der Waals surface area contributed by atoms with Crippen LogP contribution in [-0.4, -0.2) is 0 Å². The predicted molar refractivity (Wildman–Crippen MR) is 65.1 cm³/mol. The van der Waals surface area contributed by atoms with Crippen molar-refractivity contribution in [1.29, 1.82) is 0 Å². The molecule has 0 saturated carbocycles. The van der Waals surface area contributed by atoms with E-state index in [2.05, 4.69) is 13.5 Å². The summed E-state index contributed by atoms with van der Waals surface area (Å²) in [7, 11) is 0. The lowest BCUT2D eigenvalue weighted by Crippen LogP contribution is -1.90. The molecule has 0 spiro atoms. The first kappa shape index (κ1) is 11.6. The molecule has 1 aromatic rings. The van der Waals surface area contributed by atoms with Gasteiger partial charge in [-0.2, -0.15) is 0 Å². The molecular weight excluding hydrogens is 215 g/mol. The first-order chi connectivity index (χ1) is 6.57. The molecule has 0 unspecified atom stereocenters. The van der Waals surface area contributed by atoms with Crippen molar-refractivity contribution >= 4 is 28.8 Å². The van der Waals surface area contributed by atoms with E-state index in [-0.39, 0.29) is 0 Å². The van der Waals surface area contributed by atoms with E-state index in [0.717, 1.165) is 39.6 Å². The van der Waals surface area contributed by atoms with Gasteiger partial charge >= 0.3 is 0 Å². The van der Waals surface area contributed by atoms with Crippen LogP contribution < -0.4 is 0 Å². The van der Waals surface area contributed by atoms with Gasteiger partial charge in [0.15, 0.2) is 0 Å². The van der Waals surface area contributed by atoms with E-state index < -0.39 is 0 Å². The molecule has 2 heteroatoms. The second kappa shape index (κ2) is 4.86. The van der Waals surface area contributed by atoms with Gasteiger partial charge in [0.1, 0.15) is 0 Å². The molecule has 0 bridgehead atoms. The zero-order chi connectivity index (χ0) is 10.7. The quantitative estimate of drug-likeness (QED) is 0.675. The van der Waals surface area contributed by atoms with Crippen molar-refractivity contribution in [1.82, 2.24) is 0 Å². The summed E-state index contributed by atoms with van der Waals surface area (Å²) >= 11 is 12.1. The molecule has 14 heavy (non-hydrogen) atoms. The Kier molecular flexibility index (Phi) is 4.03. The van der Waals surface area contributed by atoms with Crippen molar-refractivity contribution in [2.24, 2.45) is 0 Å². The van der Waals surface area contributed by atoms with Crippen LogP contribution in [0.5, 0.6) is 0 Å². The largest absolute Gasteiger partial charge is 0.0952 e. The van der Waals surface area contributed by atoms with Crippen LogP contribution in [0.15, 0.2) is 18.7 Å². The maximum Gasteiger partial charge on any atom is 0.0484 e. The number of hydrogen-bond donors (Lipinski definition) is 0. The van der Waals surface area contributed by atoms with E-state index in [1.165, 1.54) is 0 Å². The van der Waals surface area contributed by atoms with Crippen LogP contribution in [0.4, 0.5) is 0 Å². The molecule has 0 aliphatic heterocycles. The molecular formula is C12H14Cl2. The molecule has 1 aromatic carbocycles. The summed E-state index contributed by atoms with van der Waals surface area (Å²) in [6, 6.07) is 3.65. The highest BCUT2D eigenvalue weighted by atomic mass is 35.5. The molecule has 1 rings (SSSR count). The summed E-state index contributed by atoms with van der Waals surface area (Å²) in [4.78, 5) is 0. The Hall–Kier alpha value is -0.460.